The number of carbonyl (C=O) groups excluding carboxylic acids is 1. The molecule has 0 fully saturated rings. The van der Waals surface area contributed by atoms with Gasteiger partial charge in [-0.05, 0) is 37.1 Å². The maximum Gasteiger partial charge on any atom is 0.234 e. The molecule has 0 saturated carbocycles. The third kappa shape index (κ3) is 3.92. The molecule has 1 unspecified atom stereocenters. The van der Waals surface area contributed by atoms with Crippen molar-refractivity contribution in [1.29, 1.82) is 0 Å². The van der Waals surface area contributed by atoms with Crippen molar-refractivity contribution in [1.82, 2.24) is 4.90 Å². The highest BCUT2D eigenvalue weighted by Crippen LogP contribution is 2.28. The van der Waals surface area contributed by atoms with E-state index < -0.39 is 0 Å². The fraction of sp³-hybridized carbons (Fsp3) is 0.350. The first-order valence-electron chi connectivity index (χ1n) is 8.19. The Morgan fingerprint density at radius 2 is 1.39 bits per heavy atom. The molecule has 0 N–H and O–H groups in total. The number of likely N-dealkylation sites (N-methyl/N-ethyl adjacent to an activating group) is 1. The smallest absolute Gasteiger partial charge is 0.234 e. The van der Waals surface area contributed by atoms with Gasteiger partial charge in [0.05, 0.1) is 5.92 Å². The molecule has 1 atom stereocenters. The molecule has 0 saturated heterocycles. The zero-order valence-electron chi connectivity index (χ0n) is 14.5. The molecule has 3 heteroatoms. The van der Waals surface area contributed by atoms with E-state index in [0.29, 0.717) is 0 Å². The van der Waals surface area contributed by atoms with Gasteiger partial charge in [0.2, 0.25) is 5.91 Å². The summed E-state index contributed by atoms with van der Waals surface area (Å²) in [5.74, 6) is -0.149. The summed E-state index contributed by atoms with van der Waals surface area (Å²) in [6.45, 7) is 6.27. The third-order valence-electron chi connectivity index (χ3n) is 4.18. The van der Waals surface area contributed by atoms with Crippen molar-refractivity contribution in [3.8, 4) is 0 Å². The van der Waals surface area contributed by atoms with Crippen molar-refractivity contribution in [3.05, 3.63) is 65.7 Å². The second kappa shape index (κ2) is 7.82. The Morgan fingerprint density at radius 3 is 1.87 bits per heavy atom. The zero-order valence-corrected chi connectivity index (χ0v) is 14.5. The number of anilines is 1. The van der Waals surface area contributed by atoms with Crippen LogP contribution in [-0.4, -0.2) is 38.0 Å². The molecule has 0 heterocycles. The molecular formula is C20H26N2O. The van der Waals surface area contributed by atoms with Gasteiger partial charge in [-0.25, -0.2) is 0 Å². The maximum atomic E-state index is 12.7. The van der Waals surface area contributed by atoms with Gasteiger partial charge in [0.1, 0.15) is 0 Å². The fourth-order valence-electron chi connectivity index (χ4n) is 2.85. The van der Waals surface area contributed by atoms with Crippen LogP contribution in [0.2, 0.25) is 0 Å². The van der Waals surface area contributed by atoms with Gasteiger partial charge >= 0.3 is 0 Å². The third-order valence-corrected chi connectivity index (χ3v) is 4.18. The summed E-state index contributed by atoms with van der Waals surface area (Å²) in [6.07, 6.45) is 0. The fourth-order valence-corrected chi connectivity index (χ4v) is 2.85. The Morgan fingerprint density at radius 1 is 0.870 bits per heavy atom. The molecule has 23 heavy (non-hydrogen) atoms. The number of hydrogen-bond acceptors (Lipinski definition) is 2. The van der Waals surface area contributed by atoms with E-state index in [0.717, 1.165) is 24.2 Å². The lowest BCUT2D eigenvalue weighted by Gasteiger charge is -2.24. The minimum Gasteiger partial charge on any atom is -0.372 e. The molecule has 0 aliphatic heterocycles. The standard InChI is InChI=1S/C20H26N2O/c1-5-22(6-2)18-14-12-17(13-15-18)19(20(23)21(3)4)16-10-8-7-9-11-16/h7-15,19H,5-6H2,1-4H3. The lowest BCUT2D eigenvalue weighted by atomic mass is 9.90. The minimum absolute atomic E-state index is 0.104. The van der Waals surface area contributed by atoms with Crippen LogP contribution >= 0.6 is 0 Å². The lowest BCUT2D eigenvalue weighted by Crippen LogP contribution is -2.29. The second-order valence-electron chi connectivity index (χ2n) is 5.84. The van der Waals surface area contributed by atoms with E-state index >= 15 is 0 Å². The first-order valence-corrected chi connectivity index (χ1v) is 8.19. The van der Waals surface area contributed by atoms with Gasteiger partial charge in [0.15, 0.2) is 0 Å². The summed E-state index contributed by atoms with van der Waals surface area (Å²) in [5, 5.41) is 0. The van der Waals surface area contributed by atoms with Crippen molar-refractivity contribution in [2.75, 3.05) is 32.1 Å². The average molecular weight is 310 g/mol. The Hall–Kier alpha value is -2.29. The highest BCUT2D eigenvalue weighted by atomic mass is 16.2. The minimum atomic E-state index is -0.253. The van der Waals surface area contributed by atoms with Gasteiger partial charge in [-0.2, -0.15) is 0 Å². The number of hydrogen-bond donors (Lipinski definition) is 0. The van der Waals surface area contributed by atoms with E-state index in [9.17, 15) is 4.79 Å². The summed E-state index contributed by atoms with van der Waals surface area (Å²) in [7, 11) is 3.62. The second-order valence-corrected chi connectivity index (χ2v) is 5.84. The van der Waals surface area contributed by atoms with Gasteiger partial charge in [-0.3, -0.25) is 4.79 Å². The molecule has 2 rings (SSSR count). The SMILES string of the molecule is CCN(CC)c1ccc(C(C(=O)N(C)C)c2ccccc2)cc1. The normalized spacial score (nSPS) is 11.8. The van der Waals surface area contributed by atoms with E-state index in [1.165, 1.54) is 5.69 Å². The number of amides is 1. The topological polar surface area (TPSA) is 23.6 Å². The van der Waals surface area contributed by atoms with E-state index in [1.807, 2.05) is 44.4 Å². The number of benzene rings is 2. The summed E-state index contributed by atoms with van der Waals surface area (Å²) in [5.41, 5.74) is 3.26. The van der Waals surface area contributed by atoms with Gasteiger partial charge < -0.3 is 9.80 Å². The summed E-state index contributed by atoms with van der Waals surface area (Å²) in [6, 6.07) is 18.4. The van der Waals surface area contributed by atoms with E-state index in [1.54, 1.807) is 4.90 Å². The van der Waals surface area contributed by atoms with Gasteiger partial charge in [0, 0.05) is 32.9 Å². The van der Waals surface area contributed by atoms with E-state index in [4.69, 9.17) is 0 Å². The van der Waals surface area contributed by atoms with E-state index in [-0.39, 0.29) is 11.8 Å². The highest BCUT2D eigenvalue weighted by molar-refractivity contribution is 5.87. The monoisotopic (exact) mass is 310 g/mol. The van der Waals surface area contributed by atoms with Crippen LogP contribution in [0.1, 0.15) is 30.9 Å². The molecule has 0 spiro atoms. The highest BCUT2D eigenvalue weighted by Gasteiger charge is 2.24. The molecule has 122 valence electrons. The Bertz CT molecular complexity index is 616. The van der Waals surface area contributed by atoms with E-state index in [2.05, 4.69) is 43.0 Å². The largest absolute Gasteiger partial charge is 0.372 e. The summed E-state index contributed by atoms with van der Waals surface area (Å²) >= 11 is 0. The number of rotatable bonds is 6. The molecule has 0 aromatic heterocycles. The summed E-state index contributed by atoms with van der Waals surface area (Å²) in [4.78, 5) is 16.7. The molecule has 0 radical (unpaired) electrons. The van der Waals surface area contributed by atoms with Crippen LogP contribution in [0.3, 0.4) is 0 Å². The van der Waals surface area contributed by atoms with Crippen LogP contribution in [0.4, 0.5) is 5.69 Å². The average Bonchev–Trinajstić information content (AvgIpc) is 2.58. The van der Waals surface area contributed by atoms with Crippen molar-refractivity contribution in [2.24, 2.45) is 0 Å². The van der Waals surface area contributed by atoms with Crippen LogP contribution in [0, 0.1) is 0 Å². The van der Waals surface area contributed by atoms with Crippen molar-refractivity contribution >= 4 is 11.6 Å². The molecule has 2 aromatic rings. The molecule has 1 amide bonds. The van der Waals surface area contributed by atoms with Crippen LogP contribution in [-0.2, 0) is 4.79 Å². The summed E-state index contributed by atoms with van der Waals surface area (Å²) < 4.78 is 0. The Kier molecular flexibility index (Phi) is 5.80. The van der Waals surface area contributed by atoms with Crippen LogP contribution in [0.25, 0.3) is 0 Å². The van der Waals surface area contributed by atoms with Crippen molar-refractivity contribution in [3.63, 3.8) is 0 Å². The maximum absolute atomic E-state index is 12.7. The predicted octanol–water partition coefficient (Wildman–Crippen LogP) is 3.75. The van der Waals surface area contributed by atoms with Crippen LogP contribution in [0.5, 0.6) is 0 Å². The quantitative estimate of drug-likeness (QED) is 0.811. The molecule has 2 aromatic carbocycles. The van der Waals surface area contributed by atoms with Crippen LogP contribution in [0.15, 0.2) is 54.6 Å². The Labute approximate surface area is 139 Å². The number of nitrogens with zero attached hydrogens (tertiary/aromatic N) is 2. The van der Waals surface area contributed by atoms with Crippen molar-refractivity contribution in [2.45, 2.75) is 19.8 Å². The first-order chi connectivity index (χ1) is 11.1. The molecule has 0 bridgehead atoms. The first kappa shape index (κ1) is 17.1. The molecular weight excluding hydrogens is 284 g/mol. The number of carbonyl (C=O) groups is 1. The zero-order chi connectivity index (χ0) is 16.8. The van der Waals surface area contributed by atoms with Gasteiger partial charge in [0.25, 0.3) is 0 Å². The van der Waals surface area contributed by atoms with Gasteiger partial charge in [-0.1, -0.05) is 42.5 Å². The lowest BCUT2D eigenvalue weighted by molar-refractivity contribution is -0.129. The molecule has 0 aliphatic carbocycles. The predicted molar refractivity (Wildman–Crippen MR) is 97.0 cm³/mol. The van der Waals surface area contributed by atoms with Crippen LogP contribution < -0.4 is 4.90 Å². The van der Waals surface area contributed by atoms with Gasteiger partial charge in [-0.15, -0.1) is 0 Å². The molecule has 3 nitrogen and oxygen atoms in total. The Balaban J connectivity index is 2.38. The van der Waals surface area contributed by atoms with Crippen molar-refractivity contribution < 1.29 is 4.79 Å². The molecule has 0 aliphatic rings.